The van der Waals surface area contributed by atoms with Crippen LogP contribution in [0, 0.1) is 0 Å². The summed E-state index contributed by atoms with van der Waals surface area (Å²) in [5, 5.41) is 21.1. The van der Waals surface area contributed by atoms with E-state index in [2.05, 4.69) is 27.1 Å². The molecule has 1 unspecified atom stereocenters. The molecule has 8 heteroatoms. The third kappa shape index (κ3) is 5.33. The molecule has 0 saturated heterocycles. The first-order valence-corrected chi connectivity index (χ1v) is 11.4. The molecule has 28 heavy (non-hydrogen) atoms. The second kappa shape index (κ2) is 9.54. The van der Waals surface area contributed by atoms with Crippen LogP contribution in [0.2, 0.25) is 0 Å². The van der Waals surface area contributed by atoms with Gasteiger partial charge in [-0.15, -0.1) is 22.7 Å². The Labute approximate surface area is 174 Å². The molecule has 3 rings (SSSR count). The Morgan fingerprint density at radius 1 is 1.32 bits per heavy atom. The number of aliphatic imine (C=N–C) groups is 1. The van der Waals surface area contributed by atoms with Gasteiger partial charge >= 0.3 is 0 Å². The standard InChI is InChI=1S/C20H28N4O2S2/c1-3-21-19(23-14-20(2,26)17-5-4-11-28-17)22-9-6-18(25)24-10-7-16-15(13-24)8-12-27-16/h4-5,8,11-12,26H,3,6-7,9-10,13-14H2,1-2H3,(H2,21,22,23). The lowest BCUT2D eigenvalue weighted by Gasteiger charge is -2.27. The minimum atomic E-state index is -1.00. The molecule has 0 saturated carbocycles. The van der Waals surface area contributed by atoms with Crippen molar-refractivity contribution in [3.8, 4) is 0 Å². The minimum Gasteiger partial charge on any atom is -0.383 e. The molecule has 0 radical (unpaired) electrons. The number of hydrogen-bond acceptors (Lipinski definition) is 5. The van der Waals surface area contributed by atoms with Gasteiger partial charge in [-0.25, -0.2) is 4.99 Å². The number of amides is 1. The normalized spacial score (nSPS) is 16.4. The van der Waals surface area contributed by atoms with E-state index in [1.54, 1.807) is 18.3 Å². The first kappa shape index (κ1) is 20.8. The van der Waals surface area contributed by atoms with Gasteiger partial charge in [0, 0.05) is 42.4 Å². The highest BCUT2D eigenvalue weighted by molar-refractivity contribution is 7.10. The van der Waals surface area contributed by atoms with Crippen molar-refractivity contribution in [2.45, 2.75) is 38.8 Å². The summed E-state index contributed by atoms with van der Waals surface area (Å²) >= 11 is 3.30. The van der Waals surface area contributed by atoms with Gasteiger partial charge in [0.05, 0.1) is 6.54 Å². The van der Waals surface area contributed by atoms with Crippen molar-refractivity contribution in [1.82, 2.24) is 15.5 Å². The van der Waals surface area contributed by atoms with Gasteiger partial charge in [-0.3, -0.25) is 4.79 Å². The molecule has 2 aromatic heterocycles. The van der Waals surface area contributed by atoms with E-state index in [4.69, 9.17) is 0 Å². The summed E-state index contributed by atoms with van der Waals surface area (Å²) in [5.41, 5.74) is 0.279. The van der Waals surface area contributed by atoms with Crippen LogP contribution >= 0.6 is 22.7 Å². The Morgan fingerprint density at radius 3 is 2.93 bits per heavy atom. The van der Waals surface area contributed by atoms with Gasteiger partial charge in [-0.05, 0) is 48.7 Å². The van der Waals surface area contributed by atoms with Crippen molar-refractivity contribution in [2.24, 2.45) is 4.99 Å². The highest BCUT2D eigenvalue weighted by atomic mass is 32.1. The van der Waals surface area contributed by atoms with Crippen LogP contribution in [0.4, 0.5) is 0 Å². The molecular weight excluding hydrogens is 392 g/mol. The monoisotopic (exact) mass is 420 g/mol. The Morgan fingerprint density at radius 2 is 2.18 bits per heavy atom. The first-order valence-electron chi connectivity index (χ1n) is 9.61. The van der Waals surface area contributed by atoms with Crippen molar-refractivity contribution in [2.75, 3.05) is 26.2 Å². The molecule has 3 N–H and O–H groups in total. The predicted octanol–water partition coefficient (Wildman–Crippen LogP) is 2.55. The first-order chi connectivity index (χ1) is 13.5. The molecule has 1 aliphatic heterocycles. The van der Waals surface area contributed by atoms with Crippen molar-refractivity contribution < 1.29 is 9.90 Å². The predicted molar refractivity (Wildman–Crippen MR) is 116 cm³/mol. The lowest BCUT2D eigenvalue weighted by Crippen LogP contribution is -2.41. The summed E-state index contributed by atoms with van der Waals surface area (Å²) < 4.78 is 0. The highest BCUT2D eigenvalue weighted by Gasteiger charge is 2.24. The smallest absolute Gasteiger partial charge is 0.224 e. The topological polar surface area (TPSA) is 77.0 Å². The zero-order valence-corrected chi connectivity index (χ0v) is 18.0. The van der Waals surface area contributed by atoms with Gasteiger partial charge in [-0.1, -0.05) is 6.07 Å². The van der Waals surface area contributed by atoms with E-state index in [0.29, 0.717) is 25.5 Å². The van der Waals surface area contributed by atoms with Crippen LogP contribution in [-0.4, -0.2) is 48.1 Å². The molecule has 1 aliphatic rings. The number of thiophene rings is 2. The Bertz CT molecular complexity index is 799. The number of aliphatic hydroxyl groups is 1. The number of nitrogens with zero attached hydrogens (tertiary/aromatic N) is 2. The Hall–Kier alpha value is -1.90. The summed E-state index contributed by atoms with van der Waals surface area (Å²) in [7, 11) is 0. The summed E-state index contributed by atoms with van der Waals surface area (Å²) in [6, 6.07) is 5.96. The van der Waals surface area contributed by atoms with Crippen molar-refractivity contribution in [1.29, 1.82) is 0 Å². The minimum absolute atomic E-state index is 0.158. The third-order valence-corrected chi connectivity index (χ3v) is 6.88. The quantitative estimate of drug-likeness (QED) is 0.475. The summed E-state index contributed by atoms with van der Waals surface area (Å²) in [6.45, 7) is 6.76. The van der Waals surface area contributed by atoms with Crippen molar-refractivity contribution in [3.05, 3.63) is 44.3 Å². The number of carbonyl (C=O) groups excluding carboxylic acids is 1. The SMILES string of the molecule is CCNC(=NCC(C)(O)c1cccs1)NCCC(=O)N1CCc2sccc2C1. The number of fused-ring (bicyclic) bond motifs is 1. The largest absolute Gasteiger partial charge is 0.383 e. The fourth-order valence-electron chi connectivity index (χ4n) is 3.14. The van der Waals surface area contributed by atoms with Crippen molar-refractivity contribution in [3.63, 3.8) is 0 Å². The molecular formula is C20H28N4O2S2. The van der Waals surface area contributed by atoms with Crippen LogP contribution in [-0.2, 0) is 23.4 Å². The number of guanidine groups is 1. The van der Waals surface area contributed by atoms with Gasteiger partial charge in [0.2, 0.25) is 5.91 Å². The average Bonchev–Trinajstić information content (AvgIpc) is 3.37. The van der Waals surface area contributed by atoms with Crippen LogP contribution in [0.25, 0.3) is 0 Å². The van der Waals surface area contributed by atoms with Gasteiger partial charge in [-0.2, -0.15) is 0 Å². The van der Waals surface area contributed by atoms with Crippen LogP contribution in [0.5, 0.6) is 0 Å². The van der Waals surface area contributed by atoms with Crippen molar-refractivity contribution >= 4 is 34.5 Å². The molecule has 6 nitrogen and oxygen atoms in total. The number of nitrogens with one attached hydrogen (secondary N) is 2. The zero-order valence-electron chi connectivity index (χ0n) is 16.4. The van der Waals surface area contributed by atoms with Gasteiger partial charge < -0.3 is 20.6 Å². The van der Waals surface area contributed by atoms with E-state index in [1.807, 2.05) is 29.3 Å². The van der Waals surface area contributed by atoms with E-state index in [9.17, 15) is 9.90 Å². The Balaban J connectivity index is 1.49. The molecule has 1 atom stereocenters. The van der Waals surface area contributed by atoms with E-state index >= 15 is 0 Å². The maximum absolute atomic E-state index is 12.5. The molecule has 0 bridgehead atoms. The summed E-state index contributed by atoms with van der Waals surface area (Å²) in [4.78, 5) is 21.3. The van der Waals surface area contributed by atoms with E-state index < -0.39 is 5.60 Å². The lowest BCUT2D eigenvalue weighted by molar-refractivity contribution is -0.131. The van der Waals surface area contributed by atoms with Gasteiger partial charge in [0.1, 0.15) is 5.60 Å². The molecule has 0 spiro atoms. The fraction of sp³-hybridized carbons (Fsp3) is 0.500. The molecule has 2 aromatic rings. The molecule has 0 aromatic carbocycles. The maximum Gasteiger partial charge on any atom is 0.224 e. The van der Waals surface area contributed by atoms with Gasteiger partial charge in [0.15, 0.2) is 5.96 Å². The van der Waals surface area contributed by atoms with Crippen LogP contribution in [0.1, 0.15) is 35.6 Å². The summed E-state index contributed by atoms with van der Waals surface area (Å²) in [5.74, 6) is 0.775. The second-order valence-electron chi connectivity index (χ2n) is 7.06. The molecule has 0 fully saturated rings. The molecule has 3 heterocycles. The molecule has 152 valence electrons. The summed E-state index contributed by atoms with van der Waals surface area (Å²) in [6.07, 6.45) is 1.37. The highest BCUT2D eigenvalue weighted by Crippen LogP contribution is 2.25. The van der Waals surface area contributed by atoms with Crippen LogP contribution < -0.4 is 10.6 Å². The fourth-order valence-corrected chi connectivity index (χ4v) is 4.81. The number of hydrogen-bond donors (Lipinski definition) is 3. The third-order valence-electron chi connectivity index (χ3n) is 4.73. The lowest BCUT2D eigenvalue weighted by atomic mass is 10.1. The molecule has 0 aliphatic carbocycles. The molecule has 1 amide bonds. The van der Waals surface area contributed by atoms with Crippen LogP contribution in [0.15, 0.2) is 34.0 Å². The number of carbonyl (C=O) groups is 1. The Kier molecular flexibility index (Phi) is 7.09. The van der Waals surface area contributed by atoms with E-state index in [1.165, 1.54) is 21.8 Å². The number of rotatable bonds is 7. The van der Waals surface area contributed by atoms with E-state index in [-0.39, 0.29) is 12.5 Å². The second-order valence-corrected chi connectivity index (χ2v) is 9.01. The average molecular weight is 421 g/mol. The zero-order chi connectivity index (χ0) is 20.0. The maximum atomic E-state index is 12.5. The van der Waals surface area contributed by atoms with Gasteiger partial charge in [0.25, 0.3) is 0 Å². The van der Waals surface area contributed by atoms with E-state index in [0.717, 1.165) is 24.4 Å². The van der Waals surface area contributed by atoms with Crippen LogP contribution in [0.3, 0.4) is 0 Å².